The van der Waals surface area contributed by atoms with Crippen LogP contribution < -0.4 is 15.0 Å². The van der Waals surface area contributed by atoms with Gasteiger partial charge in [0.15, 0.2) is 17.2 Å². The minimum Gasteiger partial charge on any atom is -0.487 e. The number of rotatable bonds is 10. The van der Waals surface area contributed by atoms with Crippen molar-refractivity contribution in [1.82, 2.24) is 19.0 Å². The van der Waals surface area contributed by atoms with E-state index >= 15 is 0 Å². The van der Waals surface area contributed by atoms with Gasteiger partial charge in [-0.05, 0) is 26.0 Å². The summed E-state index contributed by atoms with van der Waals surface area (Å²) in [5.41, 5.74) is 2.07. The first-order chi connectivity index (χ1) is 15.5. The lowest BCUT2D eigenvalue weighted by Gasteiger charge is -2.21. The van der Waals surface area contributed by atoms with Crippen molar-refractivity contribution in [2.45, 2.75) is 20.0 Å². The Labute approximate surface area is 197 Å². The van der Waals surface area contributed by atoms with Crippen molar-refractivity contribution >= 4 is 35.9 Å². The molecule has 12 nitrogen and oxygen atoms in total. The molecule has 1 aromatic carbocycles. The fourth-order valence-corrected chi connectivity index (χ4v) is 2.61. The summed E-state index contributed by atoms with van der Waals surface area (Å²) in [5, 5.41) is 3.57. The van der Waals surface area contributed by atoms with Gasteiger partial charge in [0.1, 0.15) is 0 Å². The fraction of sp³-hybridized carbons (Fsp3) is 0.400. The van der Waals surface area contributed by atoms with Gasteiger partial charge in [0.25, 0.3) is 5.91 Å². The average Bonchev–Trinajstić information content (AvgIpc) is 2.74. The van der Waals surface area contributed by atoms with Crippen molar-refractivity contribution in [3.63, 3.8) is 0 Å². The van der Waals surface area contributed by atoms with E-state index in [2.05, 4.69) is 17.2 Å². The van der Waals surface area contributed by atoms with E-state index in [4.69, 9.17) is 19.1 Å². The molecule has 0 bridgehead atoms. The molecule has 0 aliphatic carbocycles. The molecule has 0 aliphatic rings. The molecule has 1 aromatic rings. The van der Waals surface area contributed by atoms with Gasteiger partial charge in [0.2, 0.25) is 0 Å². The number of hydrogen-bond donors (Lipinski definition) is 1. The van der Waals surface area contributed by atoms with Gasteiger partial charge in [-0.3, -0.25) is 19.9 Å². The zero-order valence-electron chi connectivity index (χ0n) is 19.6. The molecule has 0 heterocycles. The van der Waals surface area contributed by atoms with Gasteiger partial charge in [-0.15, -0.1) is 0 Å². The third kappa shape index (κ3) is 8.90. The molecule has 0 fully saturated rings. The van der Waals surface area contributed by atoms with Crippen molar-refractivity contribution < 1.29 is 33.5 Å². The molecule has 0 aliphatic heterocycles. The van der Waals surface area contributed by atoms with E-state index in [1.54, 1.807) is 24.3 Å². The molecular weight excluding hydrogens is 454 g/mol. The van der Waals surface area contributed by atoms with Crippen LogP contribution >= 0.6 is 12.1 Å². The first kappa shape index (κ1) is 27.6. The molecule has 0 atom stereocenters. The quantitative estimate of drug-likeness (QED) is 0.232. The summed E-state index contributed by atoms with van der Waals surface area (Å²) >= 11 is 0.689. The normalized spacial score (nSPS) is 10.8. The average molecular weight is 484 g/mol. The summed E-state index contributed by atoms with van der Waals surface area (Å²) in [7, 11) is 7.05. The van der Waals surface area contributed by atoms with Crippen LogP contribution in [-0.2, 0) is 14.5 Å². The van der Waals surface area contributed by atoms with Gasteiger partial charge in [0.05, 0.1) is 31.0 Å². The molecule has 1 rings (SSSR count). The number of para-hydroxylation sites is 2. The third-order valence-electron chi connectivity index (χ3n) is 3.50. The molecule has 0 radical (unpaired) electrons. The van der Waals surface area contributed by atoms with Gasteiger partial charge < -0.3 is 14.4 Å². The second kappa shape index (κ2) is 13.2. The summed E-state index contributed by atoms with van der Waals surface area (Å²) in [6, 6.07) is 6.72. The van der Waals surface area contributed by atoms with Crippen LogP contribution in [0.4, 0.5) is 9.59 Å². The monoisotopic (exact) mass is 483 g/mol. The lowest BCUT2D eigenvalue weighted by atomic mass is 10.3. The Morgan fingerprint density at radius 2 is 1.61 bits per heavy atom. The van der Waals surface area contributed by atoms with Gasteiger partial charge in [-0.25, -0.2) is 18.2 Å². The number of carbonyl (C=O) groups is 3. The highest BCUT2D eigenvalue weighted by atomic mass is 32.2. The molecule has 1 N–H and O–H groups in total. The molecule has 0 spiro atoms. The van der Waals surface area contributed by atoms with Crippen molar-refractivity contribution in [3.8, 4) is 11.5 Å². The summed E-state index contributed by atoms with van der Waals surface area (Å²) in [5.74, 6) is 0.0643. The summed E-state index contributed by atoms with van der Waals surface area (Å²) < 4.78 is 13.0. The third-order valence-corrected chi connectivity index (χ3v) is 4.29. The number of nitrogens with one attached hydrogen (secondary N) is 1. The zero-order valence-corrected chi connectivity index (χ0v) is 20.5. The Bertz CT molecular complexity index is 891. The standard InChI is InChI=1S/C20H29N5O7S/c1-13(2)30-15-11-9-10-12-16(15)31-19(27)24(6)33-25(7)20(28)32-22-17(14(3)21-29-8)18(26)23(4)5/h9-13,21H,3H2,1-2,4-8H3. The van der Waals surface area contributed by atoms with Crippen molar-refractivity contribution in [1.29, 1.82) is 0 Å². The molecule has 0 unspecified atom stereocenters. The first-order valence-corrected chi connectivity index (χ1v) is 10.3. The van der Waals surface area contributed by atoms with Gasteiger partial charge in [-0.2, -0.15) is 0 Å². The van der Waals surface area contributed by atoms with E-state index in [0.717, 1.165) is 8.61 Å². The van der Waals surface area contributed by atoms with Crippen molar-refractivity contribution in [3.05, 3.63) is 36.5 Å². The van der Waals surface area contributed by atoms with E-state index < -0.39 is 18.1 Å². The van der Waals surface area contributed by atoms with Crippen LogP contribution in [0.3, 0.4) is 0 Å². The second-order valence-electron chi connectivity index (χ2n) is 6.84. The minimum absolute atomic E-state index is 0.0118. The number of ether oxygens (including phenoxy) is 2. The van der Waals surface area contributed by atoms with Gasteiger partial charge in [0, 0.05) is 28.2 Å². The lowest BCUT2D eigenvalue weighted by molar-refractivity contribution is -0.121. The number of oxime groups is 1. The van der Waals surface area contributed by atoms with Crippen molar-refractivity contribution in [2.24, 2.45) is 5.16 Å². The fourth-order valence-electron chi connectivity index (χ4n) is 2.04. The molecule has 0 saturated carbocycles. The zero-order chi connectivity index (χ0) is 25.1. The smallest absolute Gasteiger partial charge is 0.447 e. The maximum Gasteiger partial charge on any atom is 0.447 e. The molecule has 0 saturated heterocycles. The summed E-state index contributed by atoms with van der Waals surface area (Å²) in [6.07, 6.45) is -1.83. The Kier molecular flexibility index (Phi) is 11.0. The van der Waals surface area contributed by atoms with Crippen LogP contribution in [0.15, 0.2) is 41.7 Å². The van der Waals surface area contributed by atoms with Gasteiger partial charge >= 0.3 is 12.2 Å². The number of carbonyl (C=O) groups excluding carboxylic acids is 3. The summed E-state index contributed by atoms with van der Waals surface area (Å²) in [6.45, 7) is 7.30. The van der Waals surface area contributed by atoms with E-state index in [1.165, 1.54) is 40.2 Å². The largest absolute Gasteiger partial charge is 0.487 e. The number of amides is 3. The molecule has 13 heteroatoms. The van der Waals surface area contributed by atoms with Gasteiger partial charge in [-0.1, -0.05) is 23.9 Å². The van der Waals surface area contributed by atoms with Crippen LogP contribution in [0, 0.1) is 0 Å². The molecule has 3 amide bonds. The number of hydrogen-bond acceptors (Lipinski definition) is 10. The predicted molar refractivity (Wildman–Crippen MR) is 123 cm³/mol. The Morgan fingerprint density at radius 3 is 2.15 bits per heavy atom. The van der Waals surface area contributed by atoms with E-state index in [1.807, 2.05) is 13.8 Å². The molecular formula is C20H29N5O7S. The Morgan fingerprint density at radius 1 is 1.03 bits per heavy atom. The lowest BCUT2D eigenvalue weighted by Crippen LogP contribution is -2.35. The Balaban J connectivity index is 2.79. The highest BCUT2D eigenvalue weighted by Gasteiger charge is 2.23. The van der Waals surface area contributed by atoms with Crippen LogP contribution in [0.2, 0.25) is 0 Å². The van der Waals surface area contributed by atoms with E-state index in [9.17, 15) is 14.4 Å². The molecule has 33 heavy (non-hydrogen) atoms. The topological polar surface area (TPSA) is 122 Å². The SMILES string of the molecule is C=C(NOC)C(=NOC(=O)N(C)SN(C)C(=O)Oc1ccccc1OC(C)C)C(=O)N(C)C. The number of hydroxylamine groups is 1. The van der Waals surface area contributed by atoms with E-state index in [0.29, 0.717) is 17.9 Å². The highest BCUT2D eigenvalue weighted by Crippen LogP contribution is 2.28. The highest BCUT2D eigenvalue weighted by molar-refractivity contribution is 7.95. The second-order valence-corrected chi connectivity index (χ2v) is 8.10. The Hall–Kier alpha value is -3.45. The molecule has 0 aromatic heterocycles. The number of benzene rings is 1. The van der Waals surface area contributed by atoms with Crippen LogP contribution in [0.1, 0.15) is 13.8 Å². The first-order valence-electron chi connectivity index (χ1n) is 9.59. The van der Waals surface area contributed by atoms with Crippen LogP contribution in [0.25, 0.3) is 0 Å². The molecule has 182 valence electrons. The van der Waals surface area contributed by atoms with Crippen molar-refractivity contribution in [2.75, 3.05) is 35.3 Å². The summed E-state index contributed by atoms with van der Waals surface area (Å²) in [4.78, 5) is 47.7. The predicted octanol–water partition coefficient (Wildman–Crippen LogP) is 2.64. The van der Waals surface area contributed by atoms with E-state index in [-0.39, 0.29) is 23.3 Å². The van der Waals surface area contributed by atoms with Crippen LogP contribution in [0.5, 0.6) is 11.5 Å². The minimum atomic E-state index is -0.961. The maximum absolute atomic E-state index is 12.4. The van der Waals surface area contributed by atoms with Crippen LogP contribution in [-0.4, -0.2) is 78.7 Å². The number of nitrogens with zero attached hydrogens (tertiary/aromatic N) is 4. The maximum atomic E-state index is 12.4.